The third-order valence-electron chi connectivity index (χ3n) is 4.31. The third kappa shape index (κ3) is 3.84. The van der Waals surface area contributed by atoms with E-state index in [1.54, 1.807) is 12.1 Å². The van der Waals surface area contributed by atoms with Crippen molar-refractivity contribution in [1.82, 2.24) is 10.6 Å². The molecule has 2 heterocycles. The van der Waals surface area contributed by atoms with Crippen LogP contribution in [0.1, 0.15) is 37.2 Å². The molecule has 0 radical (unpaired) electrons. The van der Waals surface area contributed by atoms with Gasteiger partial charge in [-0.2, -0.15) is 3.89 Å². The Labute approximate surface area is 138 Å². The zero-order chi connectivity index (χ0) is 16.2. The summed E-state index contributed by atoms with van der Waals surface area (Å²) in [4.78, 5) is 23.4. The van der Waals surface area contributed by atoms with E-state index in [1.165, 1.54) is 0 Å². The van der Waals surface area contributed by atoms with Gasteiger partial charge in [-0.05, 0) is 49.5 Å². The second-order valence-electron chi connectivity index (χ2n) is 5.86. The van der Waals surface area contributed by atoms with E-state index in [0.717, 1.165) is 31.5 Å². The first-order valence-corrected chi connectivity index (χ1v) is 8.52. The van der Waals surface area contributed by atoms with Gasteiger partial charge < -0.3 is 10.1 Å². The van der Waals surface area contributed by atoms with Gasteiger partial charge in [0.25, 0.3) is 5.91 Å². The monoisotopic (exact) mass is 338 g/mol. The van der Waals surface area contributed by atoms with Gasteiger partial charge in [-0.1, -0.05) is 6.07 Å². The topological polar surface area (TPSA) is 67.4 Å². The van der Waals surface area contributed by atoms with Crippen molar-refractivity contribution >= 4 is 24.0 Å². The van der Waals surface area contributed by atoms with Crippen LogP contribution in [-0.4, -0.2) is 31.0 Å². The van der Waals surface area contributed by atoms with Crippen LogP contribution in [0, 0.1) is 0 Å². The van der Waals surface area contributed by atoms with E-state index >= 15 is 0 Å². The predicted molar refractivity (Wildman–Crippen MR) is 85.1 cm³/mol. The Morgan fingerprint density at radius 1 is 1.17 bits per heavy atom. The Hall–Kier alpha value is -1.60. The van der Waals surface area contributed by atoms with Gasteiger partial charge in [0.2, 0.25) is 5.91 Å². The van der Waals surface area contributed by atoms with Crippen molar-refractivity contribution in [2.45, 2.75) is 42.6 Å². The normalized spacial score (nSPS) is 22.7. The lowest BCUT2D eigenvalue weighted by molar-refractivity contribution is -0.138. The highest BCUT2D eigenvalue weighted by molar-refractivity contribution is 7.94. The van der Waals surface area contributed by atoms with Crippen LogP contribution in [0.3, 0.4) is 0 Å². The first-order valence-electron chi connectivity index (χ1n) is 7.81. The minimum absolute atomic E-state index is 0.211. The molecule has 124 valence electrons. The van der Waals surface area contributed by atoms with E-state index in [9.17, 15) is 13.5 Å². The summed E-state index contributed by atoms with van der Waals surface area (Å²) in [7, 11) is 0. The van der Waals surface area contributed by atoms with Crippen molar-refractivity contribution in [2.24, 2.45) is 0 Å². The first-order chi connectivity index (χ1) is 11.2. The highest BCUT2D eigenvalue weighted by atomic mass is 32.2. The Kier molecular flexibility index (Phi) is 5.17. The Balaban J connectivity index is 1.73. The standard InChI is InChI=1S/C16H19FN2O3S/c17-23-14-9-11(22-13-3-4-15(20)19-16(13)21)1-2-12(14)10-5-7-18-8-6-10/h1-2,9-10,13,18H,3-8H2,(H,19,20,21). The zero-order valence-electron chi connectivity index (χ0n) is 12.6. The van der Waals surface area contributed by atoms with Gasteiger partial charge in [-0.3, -0.25) is 14.9 Å². The number of halogens is 1. The van der Waals surface area contributed by atoms with E-state index in [2.05, 4.69) is 10.6 Å². The van der Waals surface area contributed by atoms with Gasteiger partial charge in [0.15, 0.2) is 6.10 Å². The van der Waals surface area contributed by atoms with Crippen molar-refractivity contribution in [3.63, 3.8) is 0 Å². The molecule has 5 nitrogen and oxygen atoms in total. The molecule has 2 amide bonds. The molecule has 0 bridgehead atoms. The summed E-state index contributed by atoms with van der Waals surface area (Å²) in [5.74, 6) is 0.0886. The summed E-state index contributed by atoms with van der Waals surface area (Å²) in [6.07, 6.45) is 1.88. The first kappa shape index (κ1) is 16.3. The molecule has 1 atom stereocenters. The minimum atomic E-state index is -0.699. The molecule has 2 aliphatic heterocycles. The predicted octanol–water partition coefficient (Wildman–Crippen LogP) is 2.31. The summed E-state index contributed by atoms with van der Waals surface area (Å²) in [5.41, 5.74) is 0.995. The number of hydrogen-bond acceptors (Lipinski definition) is 5. The molecule has 0 aliphatic carbocycles. The highest BCUT2D eigenvalue weighted by Crippen LogP contribution is 2.36. The van der Waals surface area contributed by atoms with Crippen LogP contribution in [-0.2, 0) is 9.59 Å². The molecule has 2 saturated heterocycles. The molecule has 3 rings (SSSR count). The Bertz CT molecular complexity index is 605. The van der Waals surface area contributed by atoms with Gasteiger partial charge in [-0.15, -0.1) is 0 Å². The summed E-state index contributed by atoms with van der Waals surface area (Å²) in [5, 5.41) is 5.55. The van der Waals surface area contributed by atoms with Crippen molar-refractivity contribution in [1.29, 1.82) is 0 Å². The number of rotatable bonds is 4. The Morgan fingerprint density at radius 2 is 1.96 bits per heavy atom. The van der Waals surface area contributed by atoms with Crippen molar-refractivity contribution in [3.05, 3.63) is 23.8 Å². The molecule has 23 heavy (non-hydrogen) atoms. The molecule has 0 saturated carbocycles. The number of nitrogens with one attached hydrogen (secondary N) is 2. The lowest BCUT2D eigenvalue weighted by Gasteiger charge is -2.25. The van der Waals surface area contributed by atoms with Crippen LogP contribution in [0.25, 0.3) is 0 Å². The summed E-state index contributed by atoms with van der Waals surface area (Å²) in [6.45, 7) is 1.88. The molecule has 1 aromatic rings. The fourth-order valence-corrected chi connectivity index (χ4v) is 3.56. The SMILES string of the molecule is O=C1CCC(Oc2ccc(C3CCNCC3)c(SF)c2)C(=O)N1. The average Bonchev–Trinajstić information content (AvgIpc) is 2.58. The van der Waals surface area contributed by atoms with Crippen LogP contribution in [0.15, 0.2) is 23.1 Å². The maximum absolute atomic E-state index is 13.3. The van der Waals surface area contributed by atoms with Crippen LogP contribution < -0.4 is 15.4 Å². The van der Waals surface area contributed by atoms with Crippen LogP contribution in [0.2, 0.25) is 0 Å². The lowest BCUT2D eigenvalue weighted by Crippen LogP contribution is -2.46. The van der Waals surface area contributed by atoms with Crippen molar-refractivity contribution < 1.29 is 18.2 Å². The Morgan fingerprint density at radius 3 is 2.65 bits per heavy atom. The molecule has 2 aliphatic rings. The van der Waals surface area contributed by atoms with Gasteiger partial charge in [0.1, 0.15) is 5.75 Å². The molecular weight excluding hydrogens is 319 g/mol. The van der Waals surface area contributed by atoms with Gasteiger partial charge in [0, 0.05) is 17.7 Å². The van der Waals surface area contributed by atoms with Gasteiger partial charge in [0.05, 0.1) is 12.1 Å². The zero-order valence-corrected chi connectivity index (χ0v) is 13.5. The number of benzene rings is 1. The van der Waals surface area contributed by atoms with Crippen molar-refractivity contribution in [3.8, 4) is 5.75 Å². The van der Waals surface area contributed by atoms with E-state index in [0.29, 0.717) is 23.0 Å². The van der Waals surface area contributed by atoms with Crippen LogP contribution in [0.5, 0.6) is 5.75 Å². The number of hydrogen-bond donors (Lipinski definition) is 2. The van der Waals surface area contributed by atoms with Gasteiger partial charge >= 0.3 is 0 Å². The lowest BCUT2D eigenvalue weighted by atomic mass is 9.90. The molecule has 0 aromatic heterocycles. The van der Waals surface area contributed by atoms with E-state index in [-0.39, 0.29) is 24.5 Å². The highest BCUT2D eigenvalue weighted by Gasteiger charge is 2.28. The fraction of sp³-hybridized carbons (Fsp3) is 0.500. The average molecular weight is 338 g/mol. The molecule has 1 aromatic carbocycles. The number of ether oxygens (including phenoxy) is 1. The molecular formula is C16H19FN2O3S. The molecule has 7 heteroatoms. The van der Waals surface area contributed by atoms with Crippen LogP contribution >= 0.6 is 12.1 Å². The van der Waals surface area contributed by atoms with Crippen molar-refractivity contribution in [2.75, 3.05) is 13.1 Å². The second-order valence-corrected chi connectivity index (χ2v) is 6.45. The van der Waals surface area contributed by atoms with E-state index in [4.69, 9.17) is 4.74 Å². The smallest absolute Gasteiger partial charge is 0.267 e. The maximum Gasteiger partial charge on any atom is 0.267 e. The second kappa shape index (κ2) is 7.31. The van der Waals surface area contributed by atoms with E-state index < -0.39 is 12.0 Å². The molecule has 2 fully saturated rings. The maximum atomic E-state index is 13.3. The molecule has 1 unspecified atom stereocenters. The van der Waals surface area contributed by atoms with Gasteiger partial charge in [-0.25, -0.2) is 0 Å². The van der Waals surface area contributed by atoms with Crippen LogP contribution in [0.4, 0.5) is 3.89 Å². The summed E-state index contributed by atoms with van der Waals surface area (Å²) >= 11 is 0.211. The molecule has 0 spiro atoms. The summed E-state index contributed by atoms with van der Waals surface area (Å²) in [6, 6.07) is 5.31. The number of carbonyl (C=O) groups excluding carboxylic acids is 2. The number of piperidine rings is 2. The summed E-state index contributed by atoms with van der Waals surface area (Å²) < 4.78 is 19.0. The fourth-order valence-electron chi connectivity index (χ4n) is 3.08. The number of amides is 2. The number of carbonyl (C=O) groups is 2. The minimum Gasteiger partial charge on any atom is -0.481 e. The quantitative estimate of drug-likeness (QED) is 0.825. The third-order valence-corrected chi connectivity index (χ3v) is 4.83. The van der Waals surface area contributed by atoms with E-state index in [1.807, 2.05) is 6.07 Å². The molecule has 2 N–H and O–H groups in total. The number of imide groups is 1. The largest absolute Gasteiger partial charge is 0.481 e.